The number of alkyl halides is 7. The number of fused-ring (bicyclic) bond motifs is 3. The summed E-state index contributed by atoms with van der Waals surface area (Å²) in [5.41, 5.74) is -8.08. The number of nitrogens with one attached hydrogen (secondary N) is 1. The van der Waals surface area contributed by atoms with Crippen molar-refractivity contribution in [3.05, 3.63) is 65.0 Å². The molecule has 3 aliphatic rings. The van der Waals surface area contributed by atoms with Crippen molar-refractivity contribution in [2.24, 2.45) is 17.8 Å². The van der Waals surface area contributed by atoms with Gasteiger partial charge < -0.3 is 10.1 Å². The maximum atomic E-state index is 15.1. The lowest BCUT2D eigenvalue weighted by Crippen LogP contribution is -2.53. The summed E-state index contributed by atoms with van der Waals surface area (Å²) in [5.74, 6) is -3.21. The van der Waals surface area contributed by atoms with Crippen LogP contribution in [0.4, 0.5) is 35.1 Å². The molecule has 1 saturated carbocycles. The van der Waals surface area contributed by atoms with Crippen LogP contribution in [0, 0.1) is 23.6 Å². The molecule has 6 atom stereocenters. The van der Waals surface area contributed by atoms with E-state index in [9.17, 15) is 48.7 Å². The molecule has 0 aromatic heterocycles. The molecular formula is C30H29F8NO4S2. The molecule has 2 fully saturated rings. The van der Waals surface area contributed by atoms with Crippen LogP contribution < -0.4 is 5.32 Å². The number of benzene rings is 2. The van der Waals surface area contributed by atoms with Gasteiger partial charge in [-0.1, -0.05) is 25.1 Å². The average molecular weight is 684 g/mol. The van der Waals surface area contributed by atoms with Crippen molar-refractivity contribution in [2.45, 2.75) is 78.0 Å². The number of rotatable bonds is 6. The summed E-state index contributed by atoms with van der Waals surface area (Å²) in [6.07, 6.45) is -11.9. The maximum absolute atomic E-state index is 15.1. The third-order valence-electron chi connectivity index (χ3n) is 9.44. The second kappa shape index (κ2) is 11.5. The number of amides is 1. The van der Waals surface area contributed by atoms with E-state index in [1.54, 1.807) is 11.8 Å². The average Bonchev–Trinajstić information content (AvgIpc) is 3.30. The molecule has 246 valence electrons. The fourth-order valence-corrected chi connectivity index (χ4v) is 11.2. The van der Waals surface area contributed by atoms with Gasteiger partial charge in [0.25, 0.3) is 0 Å². The van der Waals surface area contributed by atoms with Crippen molar-refractivity contribution in [3.8, 4) is 0 Å². The van der Waals surface area contributed by atoms with Gasteiger partial charge in [-0.2, -0.15) is 38.1 Å². The van der Waals surface area contributed by atoms with Gasteiger partial charge >= 0.3 is 18.0 Å². The lowest BCUT2D eigenvalue weighted by Gasteiger charge is -2.44. The zero-order valence-corrected chi connectivity index (χ0v) is 25.4. The lowest BCUT2D eigenvalue weighted by molar-refractivity contribution is -0.348. The molecule has 1 aliphatic heterocycles. The maximum Gasteiger partial charge on any atom is 0.435 e. The minimum atomic E-state index is -6.39. The fourth-order valence-electron chi connectivity index (χ4n) is 7.40. The monoisotopic (exact) mass is 683 g/mol. The SMILES string of the molecule is CC1CC(C(=O)N[C@@H]2CC(C=O)[C@]3(S(=O)(=O)c4ccc(F)cc4)c4ccc(C(F)(C(F)(F)F)C(F)(F)F)cc4CC[C@@H]23)CCS1. The Morgan fingerprint density at radius 2 is 1.62 bits per heavy atom. The minimum absolute atomic E-state index is 0.166. The third kappa shape index (κ3) is 5.25. The predicted molar refractivity (Wildman–Crippen MR) is 149 cm³/mol. The molecule has 1 saturated heterocycles. The Kier molecular flexibility index (Phi) is 8.63. The Morgan fingerprint density at radius 1 is 0.978 bits per heavy atom. The normalized spacial score (nSPS) is 29.0. The molecule has 2 aliphatic carbocycles. The molecule has 15 heteroatoms. The molecule has 1 N–H and O–H groups in total. The molecule has 1 heterocycles. The van der Waals surface area contributed by atoms with Crippen LogP contribution in [0.3, 0.4) is 0 Å². The second-order valence-corrected chi connectivity index (χ2v) is 15.6. The van der Waals surface area contributed by atoms with Gasteiger partial charge in [-0.05, 0) is 73.2 Å². The van der Waals surface area contributed by atoms with E-state index < -0.39 is 66.8 Å². The summed E-state index contributed by atoms with van der Waals surface area (Å²) in [6, 6.07) is 4.06. The van der Waals surface area contributed by atoms with E-state index in [4.69, 9.17) is 0 Å². The molecule has 1 amide bonds. The number of aryl methyl sites for hydroxylation is 1. The molecule has 5 nitrogen and oxygen atoms in total. The van der Waals surface area contributed by atoms with Gasteiger partial charge in [0.2, 0.25) is 5.91 Å². The topological polar surface area (TPSA) is 80.3 Å². The van der Waals surface area contributed by atoms with Crippen LogP contribution in [0.15, 0.2) is 47.4 Å². The highest BCUT2D eigenvalue weighted by Gasteiger charge is 2.74. The molecule has 5 rings (SSSR count). The van der Waals surface area contributed by atoms with Crippen LogP contribution in [-0.4, -0.2) is 50.0 Å². The zero-order chi connectivity index (χ0) is 33.2. The van der Waals surface area contributed by atoms with Crippen LogP contribution in [-0.2, 0) is 36.3 Å². The van der Waals surface area contributed by atoms with Crippen molar-refractivity contribution in [1.29, 1.82) is 0 Å². The standard InChI is InChI=1S/C30H29F8NO4S2/c1-16-12-18(10-11-44-16)26(41)39-25-14-20(15-40)27(45(42,43)22-6-4-21(31)5-7-22)23-9-3-19(13-17(23)2-8-24(25)27)28(32,29(33,34)35)30(36,37)38/h3-7,9,13,15-16,18,20,24-25H,2,8,10-12,14H2,1H3,(H,39,41)/t16?,18?,20?,24-,25+,27-/m0/s1. The van der Waals surface area contributed by atoms with Crippen molar-refractivity contribution >= 4 is 33.8 Å². The lowest BCUT2D eigenvalue weighted by atomic mass is 9.71. The summed E-state index contributed by atoms with van der Waals surface area (Å²) in [6.45, 7) is 1.97. The number of halogens is 8. The molecule has 2 aromatic rings. The molecule has 0 bridgehead atoms. The summed E-state index contributed by atoms with van der Waals surface area (Å²) < 4.78 is 137. The number of hydrogen-bond acceptors (Lipinski definition) is 5. The van der Waals surface area contributed by atoms with Crippen molar-refractivity contribution in [2.75, 3.05) is 5.75 Å². The van der Waals surface area contributed by atoms with Crippen LogP contribution in [0.5, 0.6) is 0 Å². The van der Waals surface area contributed by atoms with Crippen LogP contribution in [0.1, 0.15) is 49.3 Å². The molecule has 0 radical (unpaired) electrons. The predicted octanol–water partition coefficient (Wildman–Crippen LogP) is 6.58. The quantitative estimate of drug-likeness (QED) is 0.212. The van der Waals surface area contributed by atoms with E-state index >= 15 is 4.39 Å². The van der Waals surface area contributed by atoms with Gasteiger partial charge in [0.1, 0.15) is 16.9 Å². The van der Waals surface area contributed by atoms with E-state index in [2.05, 4.69) is 5.32 Å². The van der Waals surface area contributed by atoms with Gasteiger partial charge in [-0.25, -0.2) is 17.2 Å². The highest BCUT2D eigenvalue weighted by Crippen LogP contribution is 2.61. The minimum Gasteiger partial charge on any atom is -0.353 e. The number of aldehydes is 1. The van der Waals surface area contributed by atoms with Gasteiger partial charge in [0.15, 0.2) is 9.84 Å². The van der Waals surface area contributed by atoms with Crippen molar-refractivity contribution in [3.63, 3.8) is 0 Å². The highest BCUT2D eigenvalue weighted by atomic mass is 32.2. The van der Waals surface area contributed by atoms with Gasteiger partial charge in [-0.15, -0.1) is 0 Å². The van der Waals surface area contributed by atoms with E-state index in [-0.39, 0.29) is 53.5 Å². The first-order valence-corrected chi connectivity index (χ1v) is 16.8. The van der Waals surface area contributed by atoms with Gasteiger partial charge in [-0.3, -0.25) is 4.79 Å². The summed E-state index contributed by atoms with van der Waals surface area (Å²) in [4.78, 5) is 25.6. The Hall–Kier alpha value is -2.68. The van der Waals surface area contributed by atoms with Crippen LogP contribution in [0.25, 0.3) is 0 Å². The van der Waals surface area contributed by atoms with E-state index in [0.29, 0.717) is 31.3 Å². The molecule has 2 aromatic carbocycles. The number of carbonyl (C=O) groups is 2. The Morgan fingerprint density at radius 3 is 2.20 bits per heavy atom. The van der Waals surface area contributed by atoms with E-state index in [0.717, 1.165) is 30.0 Å². The van der Waals surface area contributed by atoms with Crippen LogP contribution >= 0.6 is 11.8 Å². The van der Waals surface area contributed by atoms with E-state index in [1.807, 2.05) is 6.92 Å². The van der Waals surface area contributed by atoms with Crippen molar-refractivity contribution < 1.29 is 53.1 Å². The molecule has 45 heavy (non-hydrogen) atoms. The Labute approximate surface area is 258 Å². The number of hydrogen-bond donors (Lipinski definition) is 1. The first-order chi connectivity index (χ1) is 20.9. The Balaban J connectivity index is 1.68. The van der Waals surface area contributed by atoms with Crippen LogP contribution in [0.2, 0.25) is 0 Å². The highest BCUT2D eigenvalue weighted by molar-refractivity contribution is 7.99. The summed E-state index contributed by atoms with van der Waals surface area (Å²) >= 11 is 1.70. The first-order valence-electron chi connectivity index (χ1n) is 14.2. The summed E-state index contributed by atoms with van der Waals surface area (Å²) in [7, 11) is -4.75. The zero-order valence-electron chi connectivity index (χ0n) is 23.7. The molecule has 3 unspecified atom stereocenters. The first kappa shape index (κ1) is 33.7. The number of thioether (sulfide) groups is 1. The fraction of sp³-hybridized carbons (Fsp3) is 0.533. The largest absolute Gasteiger partial charge is 0.435 e. The smallest absolute Gasteiger partial charge is 0.353 e. The summed E-state index contributed by atoms with van der Waals surface area (Å²) in [5, 5.41) is 3.11. The number of carbonyl (C=O) groups excluding carboxylic acids is 2. The van der Waals surface area contributed by atoms with E-state index in [1.165, 1.54) is 0 Å². The second-order valence-electron chi connectivity index (χ2n) is 11.9. The number of sulfone groups is 1. The van der Waals surface area contributed by atoms with Crippen molar-refractivity contribution in [1.82, 2.24) is 5.32 Å². The third-order valence-corrected chi connectivity index (χ3v) is 13.3. The van der Waals surface area contributed by atoms with Gasteiger partial charge in [0, 0.05) is 34.6 Å². The molecule has 0 spiro atoms. The molecular weight excluding hydrogens is 654 g/mol. The van der Waals surface area contributed by atoms with Gasteiger partial charge in [0.05, 0.1) is 4.90 Å². The Bertz CT molecular complexity index is 1560.